The number of carbonyl (C=O) groups excluding carboxylic acids is 1. The summed E-state index contributed by atoms with van der Waals surface area (Å²) < 4.78 is 0. The summed E-state index contributed by atoms with van der Waals surface area (Å²) in [5, 5.41) is 4.20. The van der Waals surface area contributed by atoms with Crippen molar-refractivity contribution in [2.24, 2.45) is 5.10 Å². The first kappa shape index (κ1) is 13.9. The molecular formula is C16H17N3O. The van der Waals surface area contributed by atoms with Gasteiger partial charge in [-0.15, -0.1) is 0 Å². The fourth-order valence-corrected chi connectivity index (χ4v) is 1.76. The minimum absolute atomic E-state index is 0.251. The van der Waals surface area contributed by atoms with Gasteiger partial charge in [-0.2, -0.15) is 5.10 Å². The van der Waals surface area contributed by atoms with E-state index in [1.54, 1.807) is 18.3 Å². The lowest BCUT2D eigenvalue weighted by atomic mass is 10.1. The molecule has 1 aromatic heterocycles. The van der Waals surface area contributed by atoms with E-state index in [1.165, 1.54) is 0 Å². The molecule has 0 aliphatic carbocycles. The Bertz CT molecular complexity index is 603. The van der Waals surface area contributed by atoms with E-state index in [1.807, 2.05) is 44.2 Å². The molecule has 0 saturated carbocycles. The predicted octanol–water partition coefficient (Wildman–Crippen LogP) is 2.93. The van der Waals surface area contributed by atoms with Crippen molar-refractivity contribution < 1.29 is 4.79 Å². The number of nitrogens with zero attached hydrogens (tertiary/aromatic N) is 2. The van der Waals surface area contributed by atoms with Gasteiger partial charge in [-0.3, -0.25) is 9.78 Å². The maximum absolute atomic E-state index is 11.9. The number of pyridine rings is 1. The Kier molecular flexibility index (Phi) is 4.60. The van der Waals surface area contributed by atoms with E-state index in [9.17, 15) is 4.79 Å². The molecule has 2 aromatic rings. The maximum atomic E-state index is 11.9. The van der Waals surface area contributed by atoms with Gasteiger partial charge in [0.2, 0.25) is 0 Å². The summed E-state index contributed by atoms with van der Waals surface area (Å²) in [6.45, 7) is 3.88. The monoisotopic (exact) mass is 267 g/mol. The van der Waals surface area contributed by atoms with Gasteiger partial charge in [0.1, 0.15) is 0 Å². The van der Waals surface area contributed by atoms with Crippen molar-refractivity contribution in [2.75, 3.05) is 0 Å². The largest absolute Gasteiger partial charge is 0.272 e. The van der Waals surface area contributed by atoms with Gasteiger partial charge in [-0.05, 0) is 31.0 Å². The normalized spacial score (nSPS) is 11.2. The number of hydrogen-bond donors (Lipinski definition) is 1. The van der Waals surface area contributed by atoms with Gasteiger partial charge in [-0.1, -0.05) is 37.3 Å². The van der Waals surface area contributed by atoms with Crippen LogP contribution >= 0.6 is 0 Å². The molecule has 0 spiro atoms. The van der Waals surface area contributed by atoms with Crippen molar-refractivity contribution in [3.63, 3.8) is 0 Å². The smallest absolute Gasteiger partial charge is 0.267 e. The number of hydrogen-bond acceptors (Lipinski definition) is 3. The summed E-state index contributed by atoms with van der Waals surface area (Å²) in [5.41, 5.74) is 5.82. The Morgan fingerprint density at radius 1 is 1.15 bits per heavy atom. The number of rotatable bonds is 4. The second-order valence-electron chi connectivity index (χ2n) is 4.41. The van der Waals surface area contributed by atoms with E-state index >= 15 is 0 Å². The molecule has 0 atom stereocenters. The number of aryl methyl sites for hydroxylation is 1. The Morgan fingerprint density at radius 3 is 2.50 bits per heavy atom. The van der Waals surface area contributed by atoms with Crippen molar-refractivity contribution in [1.29, 1.82) is 0 Å². The minimum atomic E-state index is -0.251. The standard InChI is InChI=1S/C16H17N3O/c1-3-15(13-7-5-4-6-8-13)18-19-16(20)14-10-9-12(2)17-11-14/h4-11H,3H2,1-2H3,(H,19,20)/b18-15+. The van der Waals surface area contributed by atoms with Gasteiger partial charge >= 0.3 is 0 Å². The summed E-state index contributed by atoms with van der Waals surface area (Å²) >= 11 is 0. The van der Waals surface area contributed by atoms with E-state index < -0.39 is 0 Å². The van der Waals surface area contributed by atoms with Crippen LogP contribution in [0.4, 0.5) is 0 Å². The third-order valence-electron chi connectivity index (χ3n) is 2.91. The molecule has 2 rings (SSSR count). The molecule has 0 radical (unpaired) electrons. The van der Waals surface area contributed by atoms with E-state index in [0.29, 0.717) is 5.56 Å². The van der Waals surface area contributed by atoms with Crippen LogP contribution in [0.3, 0.4) is 0 Å². The highest BCUT2D eigenvalue weighted by Crippen LogP contribution is 2.04. The SMILES string of the molecule is CC/C(=N\NC(=O)c1ccc(C)nc1)c1ccccc1. The van der Waals surface area contributed by atoms with Crippen LogP contribution in [0.2, 0.25) is 0 Å². The molecule has 4 nitrogen and oxygen atoms in total. The zero-order valence-electron chi connectivity index (χ0n) is 11.6. The molecular weight excluding hydrogens is 250 g/mol. The number of nitrogens with one attached hydrogen (secondary N) is 1. The van der Waals surface area contributed by atoms with Crippen LogP contribution in [-0.4, -0.2) is 16.6 Å². The molecule has 102 valence electrons. The molecule has 0 bridgehead atoms. The van der Waals surface area contributed by atoms with Gasteiger partial charge in [0.25, 0.3) is 5.91 Å². The first-order valence-electron chi connectivity index (χ1n) is 6.55. The van der Waals surface area contributed by atoms with Gasteiger partial charge < -0.3 is 0 Å². The fraction of sp³-hybridized carbons (Fsp3) is 0.188. The van der Waals surface area contributed by atoms with Crippen molar-refractivity contribution in [3.05, 3.63) is 65.5 Å². The van der Waals surface area contributed by atoms with Crippen LogP contribution in [0, 0.1) is 6.92 Å². The molecule has 1 N–H and O–H groups in total. The fourth-order valence-electron chi connectivity index (χ4n) is 1.76. The molecule has 1 aromatic carbocycles. The number of benzene rings is 1. The molecule has 0 unspecified atom stereocenters. The second kappa shape index (κ2) is 6.61. The van der Waals surface area contributed by atoms with Crippen LogP contribution in [0.5, 0.6) is 0 Å². The zero-order valence-corrected chi connectivity index (χ0v) is 11.6. The summed E-state index contributed by atoms with van der Waals surface area (Å²) in [4.78, 5) is 16.0. The molecule has 0 aliphatic rings. The molecule has 0 saturated heterocycles. The first-order valence-corrected chi connectivity index (χ1v) is 6.55. The van der Waals surface area contributed by atoms with E-state index in [0.717, 1.165) is 23.4 Å². The van der Waals surface area contributed by atoms with Crippen LogP contribution < -0.4 is 5.43 Å². The average Bonchev–Trinajstić information content (AvgIpc) is 2.49. The van der Waals surface area contributed by atoms with Crippen molar-refractivity contribution >= 4 is 11.6 Å². The lowest BCUT2D eigenvalue weighted by molar-refractivity contribution is 0.0954. The maximum Gasteiger partial charge on any atom is 0.272 e. The minimum Gasteiger partial charge on any atom is -0.267 e. The number of hydrazone groups is 1. The zero-order chi connectivity index (χ0) is 14.4. The summed E-state index contributed by atoms with van der Waals surface area (Å²) in [5.74, 6) is -0.251. The van der Waals surface area contributed by atoms with Crippen LogP contribution in [-0.2, 0) is 0 Å². The Balaban J connectivity index is 2.11. The van der Waals surface area contributed by atoms with Gasteiger partial charge in [0, 0.05) is 11.9 Å². The number of amides is 1. The van der Waals surface area contributed by atoms with Crippen LogP contribution in [0.15, 0.2) is 53.8 Å². The van der Waals surface area contributed by atoms with Gasteiger partial charge in [0.05, 0.1) is 11.3 Å². The Hall–Kier alpha value is -2.49. The summed E-state index contributed by atoms with van der Waals surface area (Å²) in [6.07, 6.45) is 2.30. The topological polar surface area (TPSA) is 54.4 Å². The third-order valence-corrected chi connectivity index (χ3v) is 2.91. The van der Waals surface area contributed by atoms with Crippen LogP contribution in [0.1, 0.15) is 35.0 Å². The van der Waals surface area contributed by atoms with E-state index in [2.05, 4.69) is 15.5 Å². The van der Waals surface area contributed by atoms with Gasteiger partial charge in [-0.25, -0.2) is 5.43 Å². The molecule has 1 heterocycles. The highest BCUT2D eigenvalue weighted by Gasteiger charge is 2.06. The quantitative estimate of drug-likeness (QED) is 0.684. The molecule has 1 amide bonds. The lowest BCUT2D eigenvalue weighted by Gasteiger charge is -2.05. The van der Waals surface area contributed by atoms with Gasteiger partial charge in [0.15, 0.2) is 0 Å². The van der Waals surface area contributed by atoms with Crippen molar-refractivity contribution in [1.82, 2.24) is 10.4 Å². The molecule has 4 heteroatoms. The highest BCUT2D eigenvalue weighted by atomic mass is 16.2. The second-order valence-corrected chi connectivity index (χ2v) is 4.41. The molecule has 20 heavy (non-hydrogen) atoms. The molecule has 0 aliphatic heterocycles. The van der Waals surface area contributed by atoms with E-state index in [4.69, 9.17) is 0 Å². The average molecular weight is 267 g/mol. The highest BCUT2D eigenvalue weighted by molar-refractivity contribution is 6.02. The Morgan fingerprint density at radius 2 is 1.90 bits per heavy atom. The van der Waals surface area contributed by atoms with E-state index in [-0.39, 0.29) is 5.91 Å². The first-order chi connectivity index (χ1) is 9.70. The third kappa shape index (κ3) is 3.51. The van der Waals surface area contributed by atoms with Crippen LogP contribution in [0.25, 0.3) is 0 Å². The number of carbonyl (C=O) groups is 1. The summed E-state index contributed by atoms with van der Waals surface area (Å²) in [7, 11) is 0. The lowest BCUT2D eigenvalue weighted by Crippen LogP contribution is -2.20. The Labute approximate surface area is 118 Å². The molecule has 0 fully saturated rings. The summed E-state index contributed by atoms with van der Waals surface area (Å²) in [6, 6.07) is 13.3. The number of aromatic nitrogens is 1. The predicted molar refractivity (Wildman–Crippen MR) is 79.7 cm³/mol. The van der Waals surface area contributed by atoms with Crippen molar-refractivity contribution in [3.8, 4) is 0 Å². The van der Waals surface area contributed by atoms with Crippen molar-refractivity contribution in [2.45, 2.75) is 20.3 Å².